The van der Waals surface area contributed by atoms with Crippen LogP contribution >= 0.6 is 0 Å². The van der Waals surface area contributed by atoms with Crippen molar-refractivity contribution in [3.63, 3.8) is 0 Å². The zero-order valence-corrected chi connectivity index (χ0v) is 13.1. The number of anilines is 1. The average molecular weight is 361 g/mol. The second-order valence-electron chi connectivity index (χ2n) is 3.89. The SMILES string of the molecule is CC(/C=N\Nc1ccc([N+](=O)[O-])cc1)=N/N=C(N)N.O=S(=O)(O)O. The fourth-order valence-corrected chi connectivity index (χ4v) is 1.02. The first-order chi connectivity index (χ1) is 11.0. The maximum absolute atomic E-state index is 10.4. The van der Waals surface area contributed by atoms with Crippen molar-refractivity contribution in [2.24, 2.45) is 26.8 Å². The van der Waals surface area contributed by atoms with Crippen LogP contribution in [0.15, 0.2) is 39.6 Å². The highest BCUT2D eigenvalue weighted by atomic mass is 32.3. The van der Waals surface area contributed by atoms with Crippen molar-refractivity contribution in [1.82, 2.24) is 0 Å². The maximum atomic E-state index is 10.4. The lowest BCUT2D eigenvalue weighted by atomic mass is 10.3. The van der Waals surface area contributed by atoms with Crippen LogP contribution in [-0.4, -0.2) is 40.3 Å². The topological polar surface area (TPSA) is 219 Å². The Balaban J connectivity index is 0.000000922. The molecule has 1 rings (SSSR count). The van der Waals surface area contributed by atoms with Crippen LogP contribution in [0.25, 0.3) is 0 Å². The molecule has 0 unspecified atom stereocenters. The molecule has 13 nitrogen and oxygen atoms in total. The van der Waals surface area contributed by atoms with Gasteiger partial charge in [0.25, 0.3) is 5.69 Å². The number of rotatable bonds is 5. The summed E-state index contributed by atoms with van der Waals surface area (Å²) < 4.78 is 31.6. The number of guanidine groups is 1. The number of nitrogens with one attached hydrogen (secondary N) is 1. The molecule has 0 fully saturated rings. The van der Waals surface area contributed by atoms with E-state index in [0.29, 0.717) is 11.4 Å². The van der Waals surface area contributed by atoms with Crippen molar-refractivity contribution < 1.29 is 22.4 Å². The van der Waals surface area contributed by atoms with E-state index in [1.807, 2.05) is 0 Å². The monoisotopic (exact) mass is 361 g/mol. The van der Waals surface area contributed by atoms with Crippen LogP contribution in [0.3, 0.4) is 0 Å². The number of hydrazone groups is 1. The molecule has 0 aliphatic heterocycles. The van der Waals surface area contributed by atoms with Crippen LogP contribution in [0.2, 0.25) is 0 Å². The van der Waals surface area contributed by atoms with Crippen molar-refractivity contribution in [3.8, 4) is 0 Å². The molecule has 0 bridgehead atoms. The van der Waals surface area contributed by atoms with E-state index in [4.69, 9.17) is 29.0 Å². The molecule has 0 radical (unpaired) electrons. The van der Waals surface area contributed by atoms with Gasteiger partial charge in [-0.15, -0.1) is 5.10 Å². The molecule has 0 aliphatic rings. The molecule has 0 saturated carbocycles. The van der Waals surface area contributed by atoms with Gasteiger partial charge in [0.05, 0.1) is 22.5 Å². The summed E-state index contributed by atoms with van der Waals surface area (Å²) in [6, 6.07) is 5.83. The van der Waals surface area contributed by atoms with Crippen molar-refractivity contribution in [3.05, 3.63) is 34.4 Å². The third-order valence-electron chi connectivity index (χ3n) is 1.85. The Morgan fingerprint density at radius 2 is 1.75 bits per heavy atom. The molecular formula is C10H15N7O6S. The Hall–Kier alpha value is -3.10. The summed E-state index contributed by atoms with van der Waals surface area (Å²) in [5.41, 5.74) is 14.0. The first kappa shape index (κ1) is 20.9. The second kappa shape index (κ2) is 9.82. The number of nitrogens with two attached hydrogens (primary N) is 2. The van der Waals surface area contributed by atoms with Crippen molar-refractivity contribution in [2.75, 3.05) is 5.43 Å². The maximum Gasteiger partial charge on any atom is 0.394 e. The fraction of sp³-hybridized carbons (Fsp3) is 0.100. The van der Waals surface area contributed by atoms with Gasteiger partial charge in [-0.1, -0.05) is 0 Å². The molecule has 132 valence electrons. The minimum absolute atomic E-state index is 0.0139. The molecule has 0 spiro atoms. The molecule has 24 heavy (non-hydrogen) atoms. The van der Waals surface area contributed by atoms with E-state index in [0.717, 1.165) is 0 Å². The van der Waals surface area contributed by atoms with Crippen LogP contribution in [0, 0.1) is 10.1 Å². The summed E-state index contributed by atoms with van der Waals surface area (Å²) in [6.45, 7) is 1.66. The van der Waals surface area contributed by atoms with Crippen LogP contribution in [-0.2, 0) is 10.4 Å². The summed E-state index contributed by atoms with van der Waals surface area (Å²) in [5.74, 6) is -0.143. The number of non-ortho nitro benzene ring substituents is 1. The van der Waals surface area contributed by atoms with E-state index < -0.39 is 15.3 Å². The number of nitrogens with zero attached hydrogens (tertiary/aromatic N) is 4. The van der Waals surface area contributed by atoms with Gasteiger partial charge in [-0.05, 0) is 19.1 Å². The summed E-state index contributed by atoms with van der Waals surface area (Å²) in [7, 11) is -4.67. The van der Waals surface area contributed by atoms with Crippen molar-refractivity contribution in [1.29, 1.82) is 0 Å². The Labute approximate surface area is 136 Å². The molecule has 7 N–H and O–H groups in total. The first-order valence-corrected chi connectivity index (χ1v) is 7.25. The predicted molar refractivity (Wildman–Crippen MR) is 88.3 cm³/mol. The Kier molecular flexibility index (Phi) is 8.55. The molecule has 0 heterocycles. The van der Waals surface area contributed by atoms with Crippen LogP contribution in [0.4, 0.5) is 11.4 Å². The molecule has 0 atom stereocenters. The van der Waals surface area contributed by atoms with Gasteiger partial charge in [0.1, 0.15) is 0 Å². The molecule has 0 aromatic heterocycles. The molecule has 1 aromatic rings. The van der Waals surface area contributed by atoms with E-state index >= 15 is 0 Å². The van der Waals surface area contributed by atoms with Gasteiger partial charge in [0.15, 0.2) is 0 Å². The molecule has 14 heteroatoms. The quantitative estimate of drug-likeness (QED) is 0.156. The molecule has 0 aliphatic carbocycles. The zero-order chi connectivity index (χ0) is 18.8. The van der Waals surface area contributed by atoms with E-state index in [2.05, 4.69) is 20.7 Å². The van der Waals surface area contributed by atoms with E-state index in [9.17, 15) is 10.1 Å². The minimum Gasteiger partial charge on any atom is -0.369 e. The molecular weight excluding hydrogens is 346 g/mol. The van der Waals surface area contributed by atoms with Gasteiger partial charge in [-0.25, -0.2) is 0 Å². The predicted octanol–water partition coefficient (Wildman–Crippen LogP) is -0.0110. The largest absolute Gasteiger partial charge is 0.394 e. The third kappa shape index (κ3) is 12.6. The summed E-state index contributed by atoms with van der Waals surface area (Å²) in [4.78, 5) is 9.98. The summed E-state index contributed by atoms with van der Waals surface area (Å²) >= 11 is 0. The van der Waals surface area contributed by atoms with Gasteiger partial charge in [-0.3, -0.25) is 24.6 Å². The van der Waals surface area contributed by atoms with E-state index in [1.165, 1.54) is 30.5 Å². The number of hydrogen-bond acceptors (Lipinski definition) is 8. The van der Waals surface area contributed by atoms with Gasteiger partial charge < -0.3 is 11.5 Å². The molecule has 0 saturated heterocycles. The lowest BCUT2D eigenvalue weighted by Gasteiger charge is -1.98. The standard InChI is InChI=1S/C10H13N7O2.H2O4S/c1-7(14-16-10(11)12)6-13-15-8-2-4-9(5-3-8)17(18)19;1-5(2,3)4/h2-6,15H,1H3,(H4,11,12,16);(H2,1,2,3,4)/b13-6-,14-7-;. The number of hydrogen-bond donors (Lipinski definition) is 5. The van der Waals surface area contributed by atoms with Crippen LogP contribution in [0.5, 0.6) is 0 Å². The molecule has 1 aromatic carbocycles. The van der Waals surface area contributed by atoms with Gasteiger partial charge >= 0.3 is 10.4 Å². The van der Waals surface area contributed by atoms with Gasteiger partial charge in [-0.2, -0.15) is 18.6 Å². The highest BCUT2D eigenvalue weighted by molar-refractivity contribution is 7.79. The average Bonchev–Trinajstić information content (AvgIpc) is 2.44. The number of benzene rings is 1. The Morgan fingerprint density at radius 3 is 2.17 bits per heavy atom. The smallest absolute Gasteiger partial charge is 0.369 e. The summed E-state index contributed by atoms with van der Waals surface area (Å²) in [5, 5.41) is 21.4. The number of nitro groups is 1. The van der Waals surface area contributed by atoms with E-state index in [1.54, 1.807) is 6.92 Å². The van der Waals surface area contributed by atoms with E-state index in [-0.39, 0.29) is 11.6 Å². The van der Waals surface area contributed by atoms with Gasteiger partial charge in [0, 0.05) is 12.1 Å². The number of nitro benzene ring substituents is 1. The molecule has 0 amide bonds. The lowest BCUT2D eigenvalue weighted by Crippen LogP contribution is -2.22. The highest BCUT2D eigenvalue weighted by Crippen LogP contribution is 2.14. The highest BCUT2D eigenvalue weighted by Gasteiger charge is 2.02. The second-order valence-corrected chi connectivity index (χ2v) is 4.78. The zero-order valence-electron chi connectivity index (χ0n) is 12.3. The Bertz CT molecular complexity index is 729. The van der Waals surface area contributed by atoms with Crippen LogP contribution < -0.4 is 16.9 Å². The minimum atomic E-state index is -4.67. The summed E-state index contributed by atoms with van der Waals surface area (Å²) in [6.07, 6.45) is 1.41. The lowest BCUT2D eigenvalue weighted by molar-refractivity contribution is -0.384. The van der Waals surface area contributed by atoms with Crippen molar-refractivity contribution in [2.45, 2.75) is 6.92 Å². The van der Waals surface area contributed by atoms with Crippen molar-refractivity contribution >= 4 is 39.7 Å². The third-order valence-corrected chi connectivity index (χ3v) is 1.85. The fourth-order valence-electron chi connectivity index (χ4n) is 1.02. The van der Waals surface area contributed by atoms with Crippen LogP contribution in [0.1, 0.15) is 6.92 Å². The normalized spacial score (nSPS) is 11.4. The van der Waals surface area contributed by atoms with Gasteiger partial charge in [0.2, 0.25) is 5.96 Å². The first-order valence-electron chi connectivity index (χ1n) is 5.85. The Morgan fingerprint density at radius 1 is 1.25 bits per heavy atom.